The average molecular weight is 446 g/mol. The second-order valence-corrected chi connectivity index (χ2v) is 8.16. The number of nitrogens with one attached hydrogen (secondary N) is 2. The lowest BCUT2D eigenvalue weighted by Gasteiger charge is -2.05. The number of carbonyl (C=O) groups excluding carboxylic acids is 1. The molecule has 0 unspecified atom stereocenters. The molecule has 0 saturated heterocycles. The number of halogens is 1. The van der Waals surface area contributed by atoms with E-state index in [1.165, 1.54) is 41.9 Å². The fraction of sp³-hybridized carbons (Fsp3) is 0.167. The summed E-state index contributed by atoms with van der Waals surface area (Å²) in [5.41, 5.74) is 2.15. The maximum Gasteiger partial charge on any atom is 0.407 e. The van der Waals surface area contributed by atoms with Crippen molar-refractivity contribution in [3.63, 3.8) is 0 Å². The minimum absolute atomic E-state index is 0.134. The third-order valence-electron chi connectivity index (χ3n) is 4.22. The average Bonchev–Trinajstić information content (AvgIpc) is 3.48. The molecule has 0 aliphatic rings. The number of phenolic OH excluding ortho intramolecular Hbond substituents is 1. The highest BCUT2D eigenvalue weighted by molar-refractivity contribution is 7.17. The van der Waals surface area contributed by atoms with Crippen molar-refractivity contribution in [3.05, 3.63) is 40.1 Å². The summed E-state index contributed by atoms with van der Waals surface area (Å²) in [5.74, 6) is -0.458. The highest BCUT2D eigenvalue weighted by Crippen LogP contribution is 2.40. The maximum atomic E-state index is 14.8. The predicted octanol–water partition coefficient (Wildman–Crippen LogP) is 3.73. The smallest absolute Gasteiger partial charge is 0.407 e. The van der Waals surface area contributed by atoms with Crippen LogP contribution >= 0.6 is 22.7 Å². The van der Waals surface area contributed by atoms with Gasteiger partial charge in [-0.1, -0.05) is 0 Å². The van der Waals surface area contributed by atoms with Crippen molar-refractivity contribution >= 4 is 28.8 Å². The molecule has 4 aromatic rings. The summed E-state index contributed by atoms with van der Waals surface area (Å²) in [7, 11) is 1.30. The molecular formula is C18H15FN6O3S2. The molecule has 0 atom stereocenters. The van der Waals surface area contributed by atoms with Gasteiger partial charge in [-0.05, 0) is 35.5 Å². The molecule has 4 rings (SSSR count). The standard InChI is InChI=1S/C18H15FN6O3S2/c1-8-16(30-15(21-8)6-20-18(27)28-2)9-3-14(29-7-9)10-5-13(26)11(4-12(10)19)17-22-24-25-23-17/h3-5,7,26H,6H2,1-2H3,(H,20,27)(H,22,23,24,25). The lowest BCUT2D eigenvalue weighted by atomic mass is 10.1. The molecule has 3 heterocycles. The van der Waals surface area contributed by atoms with Crippen LogP contribution in [0.1, 0.15) is 10.7 Å². The Bertz CT molecular complexity index is 1200. The maximum absolute atomic E-state index is 14.8. The molecule has 0 fully saturated rings. The van der Waals surface area contributed by atoms with Crippen molar-refractivity contribution in [2.75, 3.05) is 7.11 Å². The summed E-state index contributed by atoms with van der Waals surface area (Å²) in [4.78, 5) is 17.3. The second-order valence-electron chi connectivity index (χ2n) is 6.17. The Hall–Kier alpha value is -3.38. The third kappa shape index (κ3) is 3.86. The molecule has 1 aromatic carbocycles. The lowest BCUT2D eigenvalue weighted by molar-refractivity contribution is 0.170. The lowest BCUT2D eigenvalue weighted by Crippen LogP contribution is -2.22. The van der Waals surface area contributed by atoms with Crippen LogP contribution in [0.2, 0.25) is 0 Å². The number of tetrazole rings is 1. The Morgan fingerprint density at radius 2 is 2.17 bits per heavy atom. The molecular weight excluding hydrogens is 431 g/mol. The zero-order valence-corrected chi connectivity index (χ0v) is 17.4. The second kappa shape index (κ2) is 8.16. The number of hydrogen-bond acceptors (Lipinski definition) is 9. The monoisotopic (exact) mass is 446 g/mol. The third-order valence-corrected chi connectivity index (χ3v) is 6.39. The number of aryl methyl sites for hydroxylation is 1. The molecule has 9 nitrogen and oxygen atoms in total. The van der Waals surface area contributed by atoms with Gasteiger partial charge in [-0.2, -0.15) is 0 Å². The van der Waals surface area contributed by atoms with E-state index in [-0.39, 0.29) is 29.2 Å². The van der Waals surface area contributed by atoms with Crippen LogP contribution in [-0.2, 0) is 11.3 Å². The fourth-order valence-corrected chi connectivity index (χ4v) is 4.81. The van der Waals surface area contributed by atoms with Crippen LogP contribution in [0.25, 0.3) is 32.3 Å². The Morgan fingerprint density at radius 1 is 1.33 bits per heavy atom. The van der Waals surface area contributed by atoms with Crippen molar-refractivity contribution in [2.24, 2.45) is 0 Å². The molecule has 3 aromatic heterocycles. The van der Waals surface area contributed by atoms with Gasteiger partial charge in [0.1, 0.15) is 16.6 Å². The van der Waals surface area contributed by atoms with Gasteiger partial charge in [0, 0.05) is 21.4 Å². The highest BCUT2D eigenvalue weighted by Gasteiger charge is 2.18. The highest BCUT2D eigenvalue weighted by atomic mass is 32.1. The molecule has 0 aliphatic heterocycles. The van der Waals surface area contributed by atoms with Gasteiger partial charge in [-0.15, -0.1) is 27.8 Å². The molecule has 154 valence electrons. The van der Waals surface area contributed by atoms with E-state index in [4.69, 9.17) is 0 Å². The van der Waals surface area contributed by atoms with E-state index in [0.717, 1.165) is 21.1 Å². The molecule has 1 amide bonds. The number of methoxy groups -OCH3 is 1. The summed E-state index contributed by atoms with van der Waals surface area (Å²) in [6.07, 6.45) is -0.526. The number of aromatic amines is 1. The number of benzene rings is 1. The first-order chi connectivity index (χ1) is 14.5. The quantitative estimate of drug-likeness (QED) is 0.426. The van der Waals surface area contributed by atoms with Gasteiger partial charge in [0.05, 0.1) is 29.8 Å². The minimum atomic E-state index is -0.526. The zero-order valence-electron chi connectivity index (χ0n) is 15.8. The Balaban J connectivity index is 1.61. The number of amides is 1. The number of thiazole rings is 1. The van der Waals surface area contributed by atoms with E-state index < -0.39 is 11.9 Å². The number of nitrogens with zero attached hydrogens (tertiary/aromatic N) is 4. The van der Waals surface area contributed by atoms with Crippen LogP contribution < -0.4 is 5.32 Å². The number of H-pyrrole nitrogens is 1. The van der Waals surface area contributed by atoms with Crippen molar-refractivity contribution in [3.8, 4) is 38.0 Å². The normalized spacial score (nSPS) is 10.9. The number of thiophene rings is 1. The van der Waals surface area contributed by atoms with Crippen LogP contribution in [-0.4, -0.2) is 43.9 Å². The largest absolute Gasteiger partial charge is 0.507 e. The summed E-state index contributed by atoms with van der Waals surface area (Å²) >= 11 is 2.79. The number of hydrogen-bond donors (Lipinski definition) is 3. The van der Waals surface area contributed by atoms with Crippen LogP contribution in [0, 0.1) is 12.7 Å². The van der Waals surface area contributed by atoms with E-state index in [9.17, 15) is 14.3 Å². The molecule has 3 N–H and O–H groups in total. The van der Waals surface area contributed by atoms with Gasteiger partial charge >= 0.3 is 6.09 Å². The van der Waals surface area contributed by atoms with Gasteiger partial charge in [0.2, 0.25) is 0 Å². The summed E-state index contributed by atoms with van der Waals surface area (Å²) in [6.45, 7) is 2.13. The molecule has 0 bridgehead atoms. The van der Waals surface area contributed by atoms with Crippen LogP contribution in [0.15, 0.2) is 23.6 Å². The number of alkyl carbamates (subject to hydrolysis) is 1. The van der Waals surface area contributed by atoms with Gasteiger partial charge in [0.15, 0.2) is 5.82 Å². The van der Waals surface area contributed by atoms with Gasteiger partial charge < -0.3 is 15.2 Å². The number of phenols is 1. The molecule has 0 aliphatic carbocycles. The van der Waals surface area contributed by atoms with Gasteiger partial charge in [-0.25, -0.2) is 19.3 Å². The SMILES string of the molecule is COC(=O)NCc1nc(C)c(-c2csc(-c3cc(O)c(-c4nnn[nH]4)cc3F)c2)s1. The van der Waals surface area contributed by atoms with E-state index in [1.807, 2.05) is 18.4 Å². The Labute approximate surface area is 177 Å². The van der Waals surface area contributed by atoms with E-state index in [1.54, 1.807) is 0 Å². The minimum Gasteiger partial charge on any atom is -0.507 e. The first kappa shape index (κ1) is 19.9. The first-order valence-electron chi connectivity index (χ1n) is 8.60. The fourth-order valence-electron chi connectivity index (χ4n) is 2.83. The van der Waals surface area contributed by atoms with Crippen molar-refractivity contribution in [1.82, 2.24) is 30.9 Å². The van der Waals surface area contributed by atoms with Gasteiger partial charge in [-0.3, -0.25) is 0 Å². The van der Waals surface area contributed by atoms with Crippen molar-refractivity contribution < 1.29 is 19.0 Å². The van der Waals surface area contributed by atoms with E-state index in [0.29, 0.717) is 4.88 Å². The number of aromatic nitrogens is 5. The molecule has 12 heteroatoms. The number of carbonyl (C=O) groups is 1. The molecule has 0 spiro atoms. The van der Waals surface area contributed by atoms with Crippen molar-refractivity contribution in [1.29, 1.82) is 0 Å². The predicted molar refractivity (Wildman–Crippen MR) is 110 cm³/mol. The first-order valence-corrected chi connectivity index (χ1v) is 10.3. The summed E-state index contributed by atoms with van der Waals surface area (Å²) < 4.78 is 19.3. The topological polar surface area (TPSA) is 126 Å². The van der Waals surface area contributed by atoms with Gasteiger partial charge in [0.25, 0.3) is 0 Å². The van der Waals surface area contributed by atoms with E-state index >= 15 is 0 Å². The Morgan fingerprint density at radius 3 is 2.90 bits per heavy atom. The summed E-state index contributed by atoms with van der Waals surface area (Å²) in [5, 5.41) is 28.6. The molecule has 0 saturated carbocycles. The van der Waals surface area contributed by atoms with E-state index in [2.05, 4.69) is 35.7 Å². The van der Waals surface area contributed by atoms with Crippen LogP contribution in [0.4, 0.5) is 9.18 Å². The Kier molecular flexibility index (Phi) is 5.42. The number of ether oxygens (including phenoxy) is 1. The summed E-state index contributed by atoms with van der Waals surface area (Å²) in [6, 6.07) is 4.39. The van der Waals surface area contributed by atoms with Crippen LogP contribution in [0.3, 0.4) is 0 Å². The molecule has 30 heavy (non-hydrogen) atoms. The zero-order chi connectivity index (χ0) is 21.3. The number of aromatic hydroxyl groups is 1. The number of rotatable bonds is 5. The molecule has 0 radical (unpaired) electrons. The van der Waals surface area contributed by atoms with Crippen LogP contribution in [0.5, 0.6) is 5.75 Å². The van der Waals surface area contributed by atoms with Crippen molar-refractivity contribution in [2.45, 2.75) is 13.5 Å².